The van der Waals surface area contributed by atoms with Crippen molar-refractivity contribution in [2.75, 3.05) is 6.61 Å². The third-order valence-corrected chi connectivity index (χ3v) is 2.35. The first kappa shape index (κ1) is 17.3. The van der Waals surface area contributed by atoms with E-state index in [1.165, 1.54) is 0 Å². The Morgan fingerprint density at radius 1 is 1.42 bits per heavy atom. The van der Waals surface area contributed by atoms with Gasteiger partial charge in [0.15, 0.2) is 0 Å². The molecule has 0 saturated carbocycles. The predicted molar refractivity (Wildman–Crippen MR) is 76.6 cm³/mol. The molecule has 1 unspecified atom stereocenters. The van der Waals surface area contributed by atoms with Crippen LogP contribution >= 0.6 is 12.4 Å². The van der Waals surface area contributed by atoms with Crippen molar-refractivity contribution in [1.29, 1.82) is 0 Å². The highest BCUT2D eigenvalue weighted by atomic mass is 35.5. The number of ether oxygens (including phenoxy) is 1. The first-order valence-electron chi connectivity index (χ1n) is 5.70. The van der Waals surface area contributed by atoms with Crippen LogP contribution in [-0.2, 0) is 11.2 Å². The molecular weight excluding hydrogens is 266 g/mol. The minimum absolute atomic E-state index is 0. The lowest BCUT2D eigenvalue weighted by molar-refractivity contribution is -0.137. The molecular formula is C14H18ClNO3. The van der Waals surface area contributed by atoms with Gasteiger partial charge in [-0.25, -0.2) is 0 Å². The number of hydrogen-bond acceptors (Lipinski definition) is 3. The van der Waals surface area contributed by atoms with Crippen molar-refractivity contribution < 1.29 is 14.6 Å². The number of benzene rings is 1. The maximum atomic E-state index is 10.5. The van der Waals surface area contributed by atoms with Crippen molar-refractivity contribution >= 4 is 18.4 Å². The monoisotopic (exact) mass is 283 g/mol. The van der Waals surface area contributed by atoms with Crippen LogP contribution in [0, 0.1) is 11.8 Å². The standard InChI is InChI=1S/C14H17NO3.ClH/c1-2-3-8-18-13-6-4-11(5-7-13)9-12(15)10-14(16)17;/h4-7,12H,8-10,15H2,1H3,(H,16,17);1H. The Balaban J connectivity index is 0.00000324. The number of rotatable bonds is 6. The molecule has 0 heterocycles. The summed E-state index contributed by atoms with van der Waals surface area (Å²) < 4.78 is 5.37. The summed E-state index contributed by atoms with van der Waals surface area (Å²) >= 11 is 0. The predicted octanol–water partition coefficient (Wildman–Crippen LogP) is 1.85. The first-order valence-corrected chi connectivity index (χ1v) is 5.70. The molecule has 3 N–H and O–H groups in total. The van der Waals surface area contributed by atoms with Crippen molar-refractivity contribution in [3.05, 3.63) is 29.8 Å². The highest BCUT2D eigenvalue weighted by Gasteiger charge is 2.08. The molecule has 19 heavy (non-hydrogen) atoms. The van der Waals surface area contributed by atoms with E-state index in [0.717, 1.165) is 11.3 Å². The van der Waals surface area contributed by atoms with Crippen LogP contribution in [0.3, 0.4) is 0 Å². The topological polar surface area (TPSA) is 72.5 Å². The molecule has 0 aliphatic carbocycles. The molecule has 0 radical (unpaired) electrons. The second kappa shape index (κ2) is 9.26. The quantitative estimate of drug-likeness (QED) is 0.782. The Labute approximate surface area is 119 Å². The van der Waals surface area contributed by atoms with E-state index in [4.69, 9.17) is 15.6 Å². The minimum Gasteiger partial charge on any atom is -0.481 e. The van der Waals surface area contributed by atoms with E-state index in [1.54, 1.807) is 6.92 Å². The van der Waals surface area contributed by atoms with E-state index in [1.807, 2.05) is 24.3 Å². The SMILES string of the molecule is CC#CCOc1ccc(CC(N)CC(=O)O)cc1.Cl. The molecule has 5 heteroatoms. The number of aliphatic carboxylic acids is 1. The van der Waals surface area contributed by atoms with Crippen LogP contribution in [0.1, 0.15) is 18.9 Å². The van der Waals surface area contributed by atoms with Gasteiger partial charge in [-0.05, 0) is 31.0 Å². The van der Waals surface area contributed by atoms with Gasteiger partial charge in [-0.15, -0.1) is 18.3 Å². The van der Waals surface area contributed by atoms with Crippen LogP contribution < -0.4 is 10.5 Å². The maximum absolute atomic E-state index is 10.5. The van der Waals surface area contributed by atoms with E-state index in [9.17, 15) is 4.79 Å². The highest BCUT2D eigenvalue weighted by molar-refractivity contribution is 5.85. The van der Waals surface area contributed by atoms with Gasteiger partial charge in [0.25, 0.3) is 0 Å². The van der Waals surface area contributed by atoms with Gasteiger partial charge >= 0.3 is 5.97 Å². The van der Waals surface area contributed by atoms with Crippen LogP contribution in [0.4, 0.5) is 0 Å². The summed E-state index contributed by atoms with van der Waals surface area (Å²) in [4.78, 5) is 10.5. The average molecular weight is 284 g/mol. The Hall–Kier alpha value is -1.70. The Bertz CT molecular complexity index is 448. The van der Waals surface area contributed by atoms with Gasteiger partial charge in [-0.3, -0.25) is 4.79 Å². The summed E-state index contributed by atoms with van der Waals surface area (Å²) in [6, 6.07) is 7.08. The average Bonchev–Trinajstić information content (AvgIpc) is 2.30. The second-order valence-electron chi connectivity index (χ2n) is 3.92. The Morgan fingerprint density at radius 3 is 2.58 bits per heavy atom. The van der Waals surface area contributed by atoms with Crippen molar-refractivity contribution in [3.8, 4) is 17.6 Å². The maximum Gasteiger partial charge on any atom is 0.304 e. The molecule has 0 aliphatic heterocycles. The smallest absolute Gasteiger partial charge is 0.304 e. The molecule has 104 valence electrons. The number of hydrogen-bond donors (Lipinski definition) is 2. The summed E-state index contributed by atoms with van der Waals surface area (Å²) in [5, 5.41) is 8.61. The van der Waals surface area contributed by atoms with E-state index in [2.05, 4.69) is 11.8 Å². The molecule has 0 saturated heterocycles. The molecule has 0 aromatic heterocycles. The van der Waals surface area contributed by atoms with Crippen molar-refractivity contribution in [2.24, 2.45) is 5.73 Å². The summed E-state index contributed by atoms with van der Waals surface area (Å²) in [6.07, 6.45) is 0.520. The fourth-order valence-corrected chi connectivity index (χ4v) is 1.51. The highest BCUT2D eigenvalue weighted by Crippen LogP contribution is 2.13. The number of carboxylic acids is 1. The lowest BCUT2D eigenvalue weighted by Gasteiger charge is -2.09. The Kier molecular flexibility index (Phi) is 8.43. The van der Waals surface area contributed by atoms with Crippen LogP contribution in [0.2, 0.25) is 0 Å². The summed E-state index contributed by atoms with van der Waals surface area (Å²) in [5.41, 5.74) is 6.71. The van der Waals surface area contributed by atoms with E-state index < -0.39 is 5.97 Å². The lowest BCUT2D eigenvalue weighted by Crippen LogP contribution is -2.26. The van der Waals surface area contributed by atoms with Crippen LogP contribution in [0.5, 0.6) is 5.75 Å². The first-order chi connectivity index (χ1) is 8.61. The summed E-state index contributed by atoms with van der Waals surface area (Å²) in [7, 11) is 0. The lowest BCUT2D eigenvalue weighted by atomic mass is 10.0. The second-order valence-corrected chi connectivity index (χ2v) is 3.92. The van der Waals surface area contributed by atoms with E-state index in [0.29, 0.717) is 13.0 Å². The number of nitrogens with two attached hydrogens (primary N) is 1. The third kappa shape index (κ3) is 7.35. The minimum atomic E-state index is -0.874. The van der Waals surface area contributed by atoms with Gasteiger partial charge in [0.05, 0.1) is 6.42 Å². The van der Waals surface area contributed by atoms with Gasteiger partial charge in [-0.2, -0.15) is 0 Å². The van der Waals surface area contributed by atoms with E-state index >= 15 is 0 Å². The van der Waals surface area contributed by atoms with Gasteiger partial charge in [-0.1, -0.05) is 18.1 Å². The van der Waals surface area contributed by atoms with Gasteiger partial charge in [0, 0.05) is 6.04 Å². The zero-order chi connectivity index (χ0) is 13.4. The Morgan fingerprint density at radius 2 is 2.05 bits per heavy atom. The van der Waals surface area contributed by atoms with Gasteiger partial charge in [0.2, 0.25) is 0 Å². The molecule has 1 atom stereocenters. The molecule has 0 amide bonds. The van der Waals surface area contributed by atoms with Gasteiger partial charge < -0.3 is 15.6 Å². The van der Waals surface area contributed by atoms with Crippen molar-refractivity contribution in [2.45, 2.75) is 25.8 Å². The fraction of sp³-hybridized carbons (Fsp3) is 0.357. The largest absolute Gasteiger partial charge is 0.481 e. The summed E-state index contributed by atoms with van der Waals surface area (Å²) in [5.74, 6) is 5.42. The molecule has 0 aliphatic rings. The zero-order valence-electron chi connectivity index (χ0n) is 10.8. The van der Waals surface area contributed by atoms with Crippen LogP contribution in [0.15, 0.2) is 24.3 Å². The summed E-state index contributed by atoms with van der Waals surface area (Å²) in [6.45, 7) is 2.13. The normalized spacial score (nSPS) is 10.6. The van der Waals surface area contributed by atoms with Gasteiger partial charge in [0.1, 0.15) is 12.4 Å². The molecule has 0 fully saturated rings. The molecule has 0 spiro atoms. The molecule has 1 aromatic carbocycles. The zero-order valence-corrected chi connectivity index (χ0v) is 11.6. The number of halogens is 1. The molecule has 0 bridgehead atoms. The van der Waals surface area contributed by atoms with Crippen LogP contribution in [0.25, 0.3) is 0 Å². The van der Waals surface area contributed by atoms with Crippen molar-refractivity contribution in [1.82, 2.24) is 0 Å². The van der Waals surface area contributed by atoms with Crippen LogP contribution in [-0.4, -0.2) is 23.7 Å². The van der Waals surface area contributed by atoms with E-state index in [-0.39, 0.29) is 24.9 Å². The molecule has 1 aromatic rings. The number of carboxylic acid groups (broad SMARTS) is 1. The molecule has 4 nitrogen and oxygen atoms in total. The third-order valence-electron chi connectivity index (χ3n) is 2.35. The number of carbonyl (C=O) groups is 1. The van der Waals surface area contributed by atoms with Crippen molar-refractivity contribution in [3.63, 3.8) is 0 Å². The molecule has 1 rings (SSSR count). The fourth-order valence-electron chi connectivity index (χ4n) is 1.51.